The third-order valence-corrected chi connectivity index (χ3v) is 7.30. The number of carbonyl (C=O) groups excluding carboxylic acids is 2. The number of halogens is 1. The van der Waals surface area contributed by atoms with Crippen LogP contribution in [0.5, 0.6) is 5.75 Å². The average Bonchev–Trinajstić information content (AvgIpc) is 3.14. The molecule has 4 atom stereocenters. The molecule has 3 heterocycles. The van der Waals surface area contributed by atoms with Gasteiger partial charge in [0, 0.05) is 24.7 Å². The molecule has 2 aromatic rings. The van der Waals surface area contributed by atoms with Gasteiger partial charge in [0.05, 0.1) is 43.6 Å². The summed E-state index contributed by atoms with van der Waals surface area (Å²) in [6.45, 7) is 4.17. The van der Waals surface area contributed by atoms with E-state index in [0.29, 0.717) is 49.7 Å². The lowest BCUT2D eigenvalue weighted by atomic mass is 9.93. The van der Waals surface area contributed by atoms with Gasteiger partial charge in [0.25, 0.3) is 11.8 Å². The zero-order valence-electron chi connectivity index (χ0n) is 20.4. The highest BCUT2D eigenvalue weighted by Crippen LogP contribution is 2.31. The van der Waals surface area contributed by atoms with Gasteiger partial charge in [0.1, 0.15) is 5.75 Å². The molecule has 3 N–H and O–H groups in total. The Balaban J connectivity index is 0.00000304. The second kappa shape index (κ2) is 11.6. The molecule has 0 aromatic heterocycles. The SMILES string of the molecule is CCOc1cc(C(=O)N2C3CCC2COC3)ccc1C(=O)NC[C@@H](O)[C@@H]1Cc2ccccc2CN1.Cl. The Labute approximate surface area is 217 Å². The molecule has 9 heteroatoms. The molecule has 0 spiro atoms. The molecule has 2 unspecified atom stereocenters. The first-order valence-corrected chi connectivity index (χ1v) is 12.5. The lowest BCUT2D eigenvalue weighted by Gasteiger charge is -2.34. The molecule has 2 bridgehead atoms. The van der Waals surface area contributed by atoms with Crippen LogP contribution in [0.4, 0.5) is 0 Å². The molecule has 3 aliphatic heterocycles. The number of ether oxygens (including phenoxy) is 2. The number of benzene rings is 2. The maximum Gasteiger partial charge on any atom is 0.255 e. The van der Waals surface area contributed by atoms with E-state index in [4.69, 9.17) is 9.47 Å². The zero-order valence-corrected chi connectivity index (χ0v) is 21.3. The molecular weight excluding hydrogens is 482 g/mol. The molecule has 2 aromatic carbocycles. The van der Waals surface area contributed by atoms with E-state index in [-0.39, 0.29) is 48.9 Å². The molecule has 2 amide bonds. The Morgan fingerprint density at radius 1 is 1.17 bits per heavy atom. The molecule has 36 heavy (non-hydrogen) atoms. The summed E-state index contributed by atoms with van der Waals surface area (Å²) in [6.07, 6.45) is 1.89. The number of morpholine rings is 1. The third-order valence-electron chi connectivity index (χ3n) is 7.30. The van der Waals surface area contributed by atoms with Crippen molar-refractivity contribution in [2.24, 2.45) is 0 Å². The maximum absolute atomic E-state index is 13.3. The summed E-state index contributed by atoms with van der Waals surface area (Å²) in [6, 6.07) is 13.2. The van der Waals surface area contributed by atoms with E-state index in [9.17, 15) is 14.7 Å². The summed E-state index contributed by atoms with van der Waals surface area (Å²) in [4.78, 5) is 28.2. The van der Waals surface area contributed by atoms with Crippen molar-refractivity contribution in [2.45, 2.75) is 57.0 Å². The molecule has 194 valence electrons. The number of nitrogens with zero attached hydrogens (tertiary/aromatic N) is 1. The summed E-state index contributed by atoms with van der Waals surface area (Å²) in [5.41, 5.74) is 3.31. The minimum Gasteiger partial charge on any atom is -0.493 e. The number of carbonyl (C=O) groups is 2. The monoisotopic (exact) mass is 515 g/mol. The number of nitrogens with one attached hydrogen (secondary N) is 2. The van der Waals surface area contributed by atoms with Crippen molar-refractivity contribution in [3.05, 3.63) is 64.7 Å². The molecular formula is C27H34ClN3O5. The predicted octanol–water partition coefficient (Wildman–Crippen LogP) is 2.32. The Hall–Kier alpha value is -2.65. The van der Waals surface area contributed by atoms with E-state index < -0.39 is 6.10 Å². The van der Waals surface area contributed by atoms with Crippen LogP contribution in [-0.2, 0) is 17.7 Å². The second-order valence-electron chi connectivity index (χ2n) is 9.52. The standard InChI is InChI=1S/C27H33N3O5.ClH/c1-2-35-25-12-18(27(33)30-20-8-9-21(30)16-34-15-20)7-10-22(25)26(32)29-14-24(31)23-11-17-5-3-4-6-19(17)13-28-23;/h3-7,10,12,20-21,23-24,28,31H,2,8-9,11,13-16H2,1H3,(H,29,32);1H/t20?,21?,23-,24+;/m0./s1. The molecule has 0 aliphatic carbocycles. The van der Waals surface area contributed by atoms with Crippen molar-refractivity contribution in [3.8, 4) is 5.75 Å². The van der Waals surface area contributed by atoms with Gasteiger partial charge in [-0.3, -0.25) is 9.59 Å². The van der Waals surface area contributed by atoms with Crippen LogP contribution in [0.1, 0.15) is 51.6 Å². The summed E-state index contributed by atoms with van der Waals surface area (Å²) < 4.78 is 11.3. The first-order chi connectivity index (χ1) is 17.0. The van der Waals surface area contributed by atoms with Crippen LogP contribution in [0.3, 0.4) is 0 Å². The maximum atomic E-state index is 13.3. The quantitative estimate of drug-likeness (QED) is 0.523. The van der Waals surface area contributed by atoms with Gasteiger partial charge in [0.15, 0.2) is 0 Å². The normalized spacial score (nSPS) is 23.3. The van der Waals surface area contributed by atoms with Gasteiger partial charge in [-0.15, -0.1) is 12.4 Å². The van der Waals surface area contributed by atoms with E-state index in [0.717, 1.165) is 12.8 Å². The predicted molar refractivity (Wildman–Crippen MR) is 138 cm³/mol. The summed E-state index contributed by atoms with van der Waals surface area (Å²) >= 11 is 0. The number of aliphatic hydroxyl groups is 1. The fourth-order valence-corrected chi connectivity index (χ4v) is 5.41. The summed E-state index contributed by atoms with van der Waals surface area (Å²) in [5, 5.41) is 16.9. The second-order valence-corrected chi connectivity index (χ2v) is 9.52. The summed E-state index contributed by atoms with van der Waals surface area (Å²) in [5.74, 6) is -0.0161. The lowest BCUT2D eigenvalue weighted by Crippen LogP contribution is -2.49. The topological polar surface area (TPSA) is 100 Å². The van der Waals surface area contributed by atoms with Crippen LogP contribution in [0.15, 0.2) is 42.5 Å². The van der Waals surface area contributed by atoms with Gasteiger partial charge in [-0.1, -0.05) is 24.3 Å². The molecule has 0 radical (unpaired) electrons. The van der Waals surface area contributed by atoms with Gasteiger partial charge in [-0.05, 0) is 55.5 Å². The van der Waals surface area contributed by atoms with Crippen molar-refractivity contribution >= 4 is 24.2 Å². The van der Waals surface area contributed by atoms with E-state index >= 15 is 0 Å². The van der Waals surface area contributed by atoms with Gasteiger partial charge in [-0.25, -0.2) is 0 Å². The highest BCUT2D eigenvalue weighted by Gasteiger charge is 2.40. The molecule has 5 rings (SSSR count). The van der Waals surface area contributed by atoms with Crippen LogP contribution >= 0.6 is 12.4 Å². The number of fused-ring (bicyclic) bond motifs is 3. The van der Waals surface area contributed by atoms with Crippen molar-refractivity contribution in [1.29, 1.82) is 0 Å². The largest absolute Gasteiger partial charge is 0.493 e. The molecule has 0 saturated carbocycles. The molecule has 3 aliphatic rings. The van der Waals surface area contributed by atoms with Gasteiger partial charge >= 0.3 is 0 Å². The minimum absolute atomic E-state index is 0. The first kappa shape index (κ1) is 26.4. The molecule has 8 nitrogen and oxygen atoms in total. The Morgan fingerprint density at radius 3 is 2.61 bits per heavy atom. The van der Waals surface area contributed by atoms with E-state index in [2.05, 4.69) is 22.8 Å². The van der Waals surface area contributed by atoms with E-state index in [1.54, 1.807) is 18.2 Å². The van der Waals surface area contributed by atoms with Crippen molar-refractivity contribution in [3.63, 3.8) is 0 Å². The van der Waals surface area contributed by atoms with E-state index in [1.165, 1.54) is 11.1 Å². The van der Waals surface area contributed by atoms with Crippen LogP contribution < -0.4 is 15.4 Å². The van der Waals surface area contributed by atoms with E-state index in [1.807, 2.05) is 24.0 Å². The number of hydrogen-bond acceptors (Lipinski definition) is 6. The number of rotatable bonds is 7. The van der Waals surface area contributed by atoms with Crippen molar-refractivity contribution in [2.75, 3.05) is 26.4 Å². The Morgan fingerprint density at radius 2 is 1.89 bits per heavy atom. The fraction of sp³-hybridized carbons (Fsp3) is 0.481. The fourth-order valence-electron chi connectivity index (χ4n) is 5.41. The number of aliphatic hydroxyl groups excluding tert-OH is 1. The third kappa shape index (κ3) is 5.37. The Bertz CT molecular complexity index is 1080. The van der Waals surface area contributed by atoms with Gasteiger partial charge in [-0.2, -0.15) is 0 Å². The summed E-state index contributed by atoms with van der Waals surface area (Å²) in [7, 11) is 0. The Kier molecular flexibility index (Phi) is 8.51. The average molecular weight is 516 g/mol. The van der Waals surface area contributed by atoms with Crippen LogP contribution in [0, 0.1) is 0 Å². The van der Waals surface area contributed by atoms with Crippen molar-refractivity contribution in [1.82, 2.24) is 15.5 Å². The van der Waals surface area contributed by atoms with Crippen molar-refractivity contribution < 1.29 is 24.2 Å². The number of amides is 2. The highest BCUT2D eigenvalue weighted by atomic mass is 35.5. The zero-order chi connectivity index (χ0) is 24.4. The minimum atomic E-state index is -0.736. The van der Waals surface area contributed by atoms with Crippen LogP contribution in [0.2, 0.25) is 0 Å². The highest BCUT2D eigenvalue weighted by molar-refractivity contribution is 6.00. The smallest absolute Gasteiger partial charge is 0.255 e. The molecule has 2 saturated heterocycles. The first-order valence-electron chi connectivity index (χ1n) is 12.5. The number of hydrogen-bond donors (Lipinski definition) is 3. The van der Waals surface area contributed by atoms with Gasteiger partial charge in [0.2, 0.25) is 0 Å². The van der Waals surface area contributed by atoms with Gasteiger partial charge < -0.3 is 30.1 Å². The lowest BCUT2D eigenvalue weighted by molar-refractivity contribution is -0.00717. The van der Waals surface area contributed by atoms with Crippen LogP contribution in [-0.4, -0.2) is 72.4 Å². The van der Waals surface area contributed by atoms with Crippen LogP contribution in [0.25, 0.3) is 0 Å². The molecule has 2 fully saturated rings.